The molecule has 0 aliphatic carbocycles. The van der Waals surface area contributed by atoms with Crippen LogP contribution in [0.4, 0.5) is 0 Å². The van der Waals surface area contributed by atoms with Crippen molar-refractivity contribution in [2.24, 2.45) is 5.73 Å². The molecular weight excluding hydrogens is 259 g/mol. The van der Waals surface area contributed by atoms with Crippen LogP contribution in [0.25, 0.3) is 0 Å². The summed E-state index contributed by atoms with van der Waals surface area (Å²) in [5.41, 5.74) is 6.67. The molecule has 0 saturated carbocycles. The summed E-state index contributed by atoms with van der Waals surface area (Å²) in [7, 11) is 0. The molecule has 0 amide bonds. The maximum atomic E-state index is 8.87. The molecule has 0 aromatic heterocycles. The van der Waals surface area contributed by atoms with Crippen molar-refractivity contribution in [3.05, 3.63) is 33.8 Å². The average molecular weight is 277 g/mol. The van der Waals surface area contributed by atoms with Gasteiger partial charge in [0.25, 0.3) is 0 Å². The van der Waals surface area contributed by atoms with E-state index >= 15 is 0 Å². The SMILES string of the molecule is CC(CCO)NC(CN)c1ccc(Cl)cc1Cl. The maximum absolute atomic E-state index is 8.87. The molecule has 0 spiro atoms. The number of aliphatic hydroxyl groups is 1. The minimum Gasteiger partial charge on any atom is -0.396 e. The number of nitrogens with one attached hydrogen (secondary N) is 1. The fraction of sp³-hybridized carbons (Fsp3) is 0.500. The maximum Gasteiger partial charge on any atom is 0.0469 e. The molecule has 17 heavy (non-hydrogen) atoms. The Balaban J connectivity index is 2.79. The smallest absolute Gasteiger partial charge is 0.0469 e. The normalized spacial score (nSPS) is 14.6. The van der Waals surface area contributed by atoms with Crippen LogP contribution in [-0.4, -0.2) is 24.3 Å². The van der Waals surface area contributed by atoms with Gasteiger partial charge in [0, 0.05) is 35.3 Å². The van der Waals surface area contributed by atoms with Gasteiger partial charge in [0.1, 0.15) is 0 Å². The highest BCUT2D eigenvalue weighted by Gasteiger charge is 2.15. The lowest BCUT2D eigenvalue weighted by Gasteiger charge is -2.23. The molecule has 1 rings (SSSR count). The molecule has 0 aliphatic heterocycles. The van der Waals surface area contributed by atoms with Crippen molar-refractivity contribution in [2.75, 3.05) is 13.2 Å². The largest absolute Gasteiger partial charge is 0.396 e. The molecule has 0 heterocycles. The predicted molar refractivity (Wildman–Crippen MR) is 72.6 cm³/mol. The van der Waals surface area contributed by atoms with Crippen LogP contribution in [0.1, 0.15) is 24.9 Å². The molecule has 3 nitrogen and oxygen atoms in total. The standard InChI is InChI=1S/C12H18Cl2N2O/c1-8(4-5-17)16-12(7-15)10-3-2-9(13)6-11(10)14/h2-3,6,8,12,16-17H,4-5,7,15H2,1H3. The summed E-state index contributed by atoms with van der Waals surface area (Å²) in [4.78, 5) is 0. The van der Waals surface area contributed by atoms with E-state index in [2.05, 4.69) is 5.32 Å². The van der Waals surface area contributed by atoms with Crippen LogP contribution in [0.2, 0.25) is 10.0 Å². The number of nitrogens with two attached hydrogens (primary N) is 1. The van der Waals surface area contributed by atoms with Gasteiger partial charge >= 0.3 is 0 Å². The van der Waals surface area contributed by atoms with E-state index in [1.165, 1.54) is 0 Å². The van der Waals surface area contributed by atoms with E-state index in [4.69, 9.17) is 34.0 Å². The summed E-state index contributed by atoms with van der Waals surface area (Å²) in [5, 5.41) is 13.4. The van der Waals surface area contributed by atoms with Crippen molar-refractivity contribution in [3.8, 4) is 0 Å². The molecule has 4 N–H and O–H groups in total. The van der Waals surface area contributed by atoms with Gasteiger partial charge in [-0.2, -0.15) is 0 Å². The summed E-state index contributed by atoms with van der Waals surface area (Å²) in [6.45, 7) is 2.60. The van der Waals surface area contributed by atoms with Gasteiger partial charge in [0.05, 0.1) is 0 Å². The predicted octanol–water partition coefficient (Wildman–Crippen LogP) is 2.35. The van der Waals surface area contributed by atoms with Gasteiger partial charge in [0.2, 0.25) is 0 Å². The molecule has 0 fully saturated rings. The minimum absolute atomic E-state index is 0.0266. The Morgan fingerprint density at radius 2 is 2.12 bits per heavy atom. The van der Waals surface area contributed by atoms with Crippen LogP contribution in [0, 0.1) is 0 Å². The van der Waals surface area contributed by atoms with E-state index in [9.17, 15) is 0 Å². The zero-order valence-electron chi connectivity index (χ0n) is 9.79. The lowest BCUT2D eigenvalue weighted by molar-refractivity contribution is 0.263. The Hall–Kier alpha value is -0.320. The lowest BCUT2D eigenvalue weighted by atomic mass is 10.1. The first-order valence-corrected chi connectivity index (χ1v) is 6.36. The van der Waals surface area contributed by atoms with Gasteiger partial charge in [-0.1, -0.05) is 29.3 Å². The second-order valence-corrected chi connectivity index (χ2v) is 4.88. The Labute approximate surface area is 112 Å². The van der Waals surface area contributed by atoms with Crippen molar-refractivity contribution in [1.82, 2.24) is 5.32 Å². The zero-order chi connectivity index (χ0) is 12.8. The van der Waals surface area contributed by atoms with Crippen molar-refractivity contribution >= 4 is 23.2 Å². The molecule has 0 aliphatic rings. The lowest BCUT2D eigenvalue weighted by Crippen LogP contribution is -2.35. The number of benzene rings is 1. The highest BCUT2D eigenvalue weighted by atomic mass is 35.5. The third kappa shape index (κ3) is 4.45. The average Bonchev–Trinajstić information content (AvgIpc) is 2.27. The Morgan fingerprint density at radius 3 is 2.65 bits per heavy atom. The van der Waals surface area contributed by atoms with Crippen LogP contribution in [0.5, 0.6) is 0 Å². The quantitative estimate of drug-likeness (QED) is 0.748. The summed E-state index contributed by atoms with van der Waals surface area (Å²) in [6.07, 6.45) is 0.682. The Bertz CT molecular complexity index is 360. The van der Waals surface area contributed by atoms with Crippen LogP contribution in [0.15, 0.2) is 18.2 Å². The fourth-order valence-corrected chi connectivity index (χ4v) is 2.23. The number of rotatable bonds is 6. The Kier molecular flexibility index (Phi) is 6.23. The van der Waals surface area contributed by atoms with Crippen molar-refractivity contribution in [1.29, 1.82) is 0 Å². The van der Waals surface area contributed by atoms with Gasteiger partial charge in [-0.15, -0.1) is 0 Å². The molecule has 5 heteroatoms. The third-order valence-corrected chi connectivity index (χ3v) is 3.18. The highest BCUT2D eigenvalue weighted by Crippen LogP contribution is 2.26. The molecule has 96 valence electrons. The van der Waals surface area contributed by atoms with Crippen molar-refractivity contribution in [3.63, 3.8) is 0 Å². The second-order valence-electron chi connectivity index (χ2n) is 4.03. The first-order chi connectivity index (χ1) is 8.08. The first kappa shape index (κ1) is 14.7. The fourth-order valence-electron chi connectivity index (χ4n) is 1.69. The van der Waals surface area contributed by atoms with Gasteiger partial charge in [0.15, 0.2) is 0 Å². The number of hydrogen-bond donors (Lipinski definition) is 3. The van der Waals surface area contributed by atoms with Gasteiger partial charge < -0.3 is 16.2 Å². The molecule has 1 aromatic carbocycles. The van der Waals surface area contributed by atoms with Crippen LogP contribution < -0.4 is 11.1 Å². The van der Waals surface area contributed by atoms with E-state index < -0.39 is 0 Å². The summed E-state index contributed by atoms with van der Waals surface area (Å²) >= 11 is 12.0. The van der Waals surface area contributed by atoms with Crippen LogP contribution in [0.3, 0.4) is 0 Å². The van der Waals surface area contributed by atoms with Crippen molar-refractivity contribution in [2.45, 2.75) is 25.4 Å². The van der Waals surface area contributed by atoms with Gasteiger partial charge in [-0.05, 0) is 31.0 Å². The first-order valence-electron chi connectivity index (χ1n) is 5.60. The van der Waals surface area contributed by atoms with Crippen LogP contribution >= 0.6 is 23.2 Å². The van der Waals surface area contributed by atoms with E-state index in [1.807, 2.05) is 13.0 Å². The summed E-state index contributed by atoms with van der Waals surface area (Å²) < 4.78 is 0. The zero-order valence-corrected chi connectivity index (χ0v) is 11.3. The van der Waals surface area contributed by atoms with E-state index in [-0.39, 0.29) is 18.7 Å². The Morgan fingerprint density at radius 1 is 1.41 bits per heavy atom. The van der Waals surface area contributed by atoms with Crippen LogP contribution in [-0.2, 0) is 0 Å². The molecule has 0 saturated heterocycles. The molecular formula is C12H18Cl2N2O. The summed E-state index contributed by atoms with van der Waals surface area (Å²) in [5.74, 6) is 0. The molecule has 0 radical (unpaired) electrons. The molecule has 2 atom stereocenters. The topological polar surface area (TPSA) is 58.3 Å². The number of hydrogen-bond acceptors (Lipinski definition) is 3. The van der Waals surface area contributed by atoms with E-state index in [0.717, 1.165) is 5.56 Å². The van der Waals surface area contributed by atoms with E-state index in [1.54, 1.807) is 12.1 Å². The number of halogens is 2. The number of aliphatic hydroxyl groups excluding tert-OH is 1. The minimum atomic E-state index is -0.0266. The summed E-state index contributed by atoms with van der Waals surface area (Å²) in [6, 6.07) is 5.53. The molecule has 1 aromatic rings. The molecule has 0 bridgehead atoms. The van der Waals surface area contributed by atoms with E-state index in [0.29, 0.717) is 23.0 Å². The van der Waals surface area contributed by atoms with Gasteiger partial charge in [-0.25, -0.2) is 0 Å². The monoisotopic (exact) mass is 276 g/mol. The highest BCUT2D eigenvalue weighted by molar-refractivity contribution is 6.35. The molecule has 2 unspecified atom stereocenters. The van der Waals surface area contributed by atoms with Crippen molar-refractivity contribution < 1.29 is 5.11 Å². The second kappa shape index (κ2) is 7.19. The third-order valence-electron chi connectivity index (χ3n) is 2.62. The van der Waals surface area contributed by atoms with Gasteiger partial charge in [-0.3, -0.25) is 0 Å².